The van der Waals surface area contributed by atoms with Crippen LogP contribution in [0.4, 0.5) is 0 Å². The van der Waals surface area contributed by atoms with Crippen molar-refractivity contribution in [3.05, 3.63) is 30.3 Å². The van der Waals surface area contributed by atoms with E-state index in [1.54, 1.807) is 25.1 Å². The third-order valence-electron chi connectivity index (χ3n) is 4.62. The highest BCUT2D eigenvalue weighted by Gasteiger charge is 2.45. The smallest absolute Gasteiger partial charge is 0.327 e. The molecule has 7 heteroatoms. The molecule has 6 nitrogen and oxygen atoms in total. The predicted octanol–water partition coefficient (Wildman–Crippen LogP) is 3.35. The van der Waals surface area contributed by atoms with Crippen molar-refractivity contribution in [1.29, 1.82) is 0 Å². The average Bonchev–Trinajstić information content (AvgIpc) is 2.62. The molecule has 0 radical (unpaired) electrons. The third kappa shape index (κ3) is 5.53. The van der Waals surface area contributed by atoms with Gasteiger partial charge in [0.15, 0.2) is 21.4 Å². The summed E-state index contributed by atoms with van der Waals surface area (Å²) in [5.74, 6) is -1.01. The second-order valence-corrected chi connectivity index (χ2v) is 9.25. The largest absolute Gasteiger partial charge is 0.465 e. The van der Waals surface area contributed by atoms with E-state index in [9.17, 15) is 13.2 Å². The van der Waals surface area contributed by atoms with Gasteiger partial charge in [0.1, 0.15) is 0 Å². The van der Waals surface area contributed by atoms with Gasteiger partial charge in [-0.1, -0.05) is 32.0 Å². The van der Waals surface area contributed by atoms with E-state index in [1.807, 2.05) is 20.8 Å². The Morgan fingerprint density at radius 1 is 1.22 bits per heavy atom. The second kappa shape index (κ2) is 9.66. The number of rotatable bonds is 8. The molecular formula is C20H30O6S. The van der Waals surface area contributed by atoms with Gasteiger partial charge in [-0.05, 0) is 51.2 Å². The van der Waals surface area contributed by atoms with E-state index in [4.69, 9.17) is 14.2 Å². The van der Waals surface area contributed by atoms with Crippen molar-refractivity contribution >= 4 is 15.8 Å². The Balaban J connectivity index is 2.38. The third-order valence-corrected chi connectivity index (χ3v) is 6.68. The van der Waals surface area contributed by atoms with Gasteiger partial charge in [0.2, 0.25) is 0 Å². The Morgan fingerprint density at radius 3 is 2.44 bits per heavy atom. The van der Waals surface area contributed by atoms with Crippen LogP contribution in [0.3, 0.4) is 0 Å². The van der Waals surface area contributed by atoms with Crippen molar-refractivity contribution in [3.8, 4) is 0 Å². The van der Waals surface area contributed by atoms with E-state index in [0.717, 1.165) is 12.8 Å². The van der Waals surface area contributed by atoms with Gasteiger partial charge in [0, 0.05) is 0 Å². The number of carbonyl (C=O) groups excluding carboxylic acids is 1. The van der Waals surface area contributed by atoms with Crippen LogP contribution in [-0.2, 0) is 28.8 Å². The van der Waals surface area contributed by atoms with Crippen LogP contribution in [-0.4, -0.2) is 44.7 Å². The Hall–Kier alpha value is -1.44. The molecule has 0 aliphatic carbocycles. The van der Waals surface area contributed by atoms with Crippen LogP contribution in [0.2, 0.25) is 0 Å². The maximum absolute atomic E-state index is 13.3. The van der Waals surface area contributed by atoms with Crippen LogP contribution in [0.1, 0.15) is 47.0 Å². The second-order valence-electron chi connectivity index (χ2n) is 7.18. The summed E-state index contributed by atoms with van der Waals surface area (Å²) in [5, 5.41) is -1.44. The molecule has 1 saturated heterocycles. The maximum Gasteiger partial charge on any atom is 0.327 e. The average molecular weight is 399 g/mol. The Morgan fingerprint density at radius 2 is 1.89 bits per heavy atom. The molecule has 0 N–H and O–H groups in total. The van der Waals surface area contributed by atoms with Crippen molar-refractivity contribution < 1.29 is 27.4 Å². The summed E-state index contributed by atoms with van der Waals surface area (Å²) in [5.41, 5.74) is 0. The molecule has 2 rings (SSSR count). The quantitative estimate of drug-likeness (QED) is 0.625. The minimum atomic E-state index is -3.99. The van der Waals surface area contributed by atoms with E-state index >= 15 is 0 Å². The van der Waals surface area contributed by atoms with Crippen molar-refractivity contribution in [2.24, 2.45) is 5.92 Å². The summed E-state index contributed by atoms with van der Waals surface area (Å²) in [6.45, 7) is 7.39. The van der Waals surface area contributed by atoms with Crippen molar-refractivity contribution in [2.45, 2.75) is 75.6 Å². The molecule has 0 saturated carbocycles. The molecule has 1 aromatic rings. The zero-order valence-corrected chi connectivity index (χ0v) is 17.3. The van der Waals surface area contributed by atoms with Gasteiger partial charge in [-0.3, -0.25) is 4.79 Å². The molecule has 27 heavy (non-hydrogen) atoms. The Bertz CT molecular complexity index is 700. The molecule has 1 heterocycles. The molecule has 1 aliphatic rings. The highest BCUT2D eigenvalue weighted by atomic mass is 32.2. The summed E-state index contributed by atoms with van der Waals surface area (Å²) < 4.78 is 43.5. The lowest BCUT2D eigenvalue weighted by Gasteiger charge is -2.35. The van der Waals surface area contributed by atoms with Gasteiger partial charge >= 0.3 is 5.97 Å². The summed E-state index contributed by atoms with van der Waals surface area (Å²) in [6.07, 6.45) is 1.20. The van der Waals surface area contributed by atoms with Crippen LogP contribution >= 0.6 is 0 Å². The zero-order valence-electron chi connectivity index (χ0n) is 16.5. The zero-order chi connectivity index (χ0) is 20.0. The van der Waals surface area contributed by atoms with E-state index in [-0.39, 0.29) is 23.5 Å². The standard InChI is InChI=1S/C20H30O6S/c1-5-24-20(21)19(27(22,23)16-11-7-6-8-12-16)18(14(2)3)26-17-13-9-10-15(4)25-17/h6-8,11-12,14-15,17-19H,5,9-10,13H2,1-4H3/t15-,17?,18+,19?/m0/s1. The van der Waals surface area contributed by atoms with Crippen LogP contribution in [0, 0.1) is 5.92 Å². The fourth-order valence-corrected chi connectivity index (χ4v) is 5.12. The van der Waals surface area contributed by atoms with Gasteiger partial charge in [-0.25, -0.2) is 8.42 Å². The number of ether oxygens (including phenoxy) is 3. The Labute approximate surface area is 162 Å². The molecule has 0 amide bonds. The van der Waals surface area contributed by atoms with Crippen LogP contribution in [0.5, 0.6) is 0 Å². The molecule has 0 spiro atoms. The van der Waals surface area contributed by atoms with Crippen LogP contribution < -0.4 is 0 Å². The van der Waals surface area contributed by atoms with E-state index in [2.05, 4.69) is 0 Å². The van der Waals surface area contributed by atoms with Crippen molar-refractivity contribution in [1.82, 2.24) is 0 Å². The number of carbonyl (C=O) groups is 1. The van der Waals surface area contributed by atoms with Crippen LogP contribution in [0.25, 0.3) is 0 Å². The molecule has 4 atom stereocenters. The summed E-state index contributed by atoms with van der Waals surface area (Å²) >= 11 is 0. The number of sulfone groups is 1. The van der Waals surface area contributed by atoms with E-state index in [0.29, 0.717) is 6.42 Å². The molecule has 152 valence electrons. The first kappa shape index (κ1) is 21.9. The molecule has 0 bridgehead atoms. The first-order valence-corrected chi connectivity index (χ1v) is 11.1. The SMILES string of the molecule is CCOC(=O)C([C@H](OC1CCC[C@H](C)O1)C(C)C)S(=O)(=O)c1ccccc1. The topological polar surface area (TPSA) is 78.9 Å². The molecule has 1 fully saturated rings. The summed E-state index contributed by atoms with van der Waals surface area (Å²) in [4.78, 5) is 12.8. The molecule has 2 unspecified atom stereocenters. The van der Waals surface area contributed by atoms with Crippen LogP contribution in [0.15, 0.2) is 35.2 Å². The number of benzene rings is 1. The van der Waals surface area contributed by atoms with Gasteiger partial charge < -0.3 is 14.2 Å². The van der Waals surface area contributed by atoms with E-state index in [1.165, 1.54) is 12.1 Å². The lowest BCUT2D eigenvalue weighted by atomic mass is 10.0. The number of hydrogen-bond acceptors (Lipinski definition) is 6. The van der Waals surface area contributed by atoms with Crippen molar-refractivity contribution in [3.63, 3.8) is 0 Å². The molecule has 1 aliphatic heterocycles. The van der Waals surface area contributed by atoms with Gasteiger partial charge in [0.05, 0.1) is 23.7 Å². The number of hydrogen-bond donors (Lipinski definition) is 0. The van der Waals surface area contributed by atoms with E-state index < -0.39 is 33.5 Å². The Kier molecular flexibility index (Phi) is 7.82. The van der Waals surface area contributed by atoms with Gasteiger partial charge in [0.25, 0.3) is 0 Å². The highest BCUT2D eigenvalue weighted by Crippen LogP contribution is 2.29. The summed E-state index contributed by atoms with van der Waals surface area (Å²) in [6, 6.07) is 7.96. The van der Waals surface area contributed by atoms with Gasteiger partial charge in [-0.15, -0.1) is 0 Å². The lowest BCUT2D eigenvalue weighted by molar-refractivity contribution is -0.219. The van der Waals surface area contributed by atoms with Gasteiger partial charge in [-0.2, -0.15) is 0 Å². The normalized spacial score (nSPS) is 23.0. The predicted molar refractivity (Wildman–Crippen MR) is 102 cm³/mol. The fourth-order valence-electron chi connectivity index (χ4n) is 3.24. The lowest BCUT2D eigenvalue weighted by Crippen LogP contribution is -2.48. The monoisotopic (exact) mass is 398 g/mol. The summed E-state index contributed by atoms with van der Waals surface area (Å²) in [7, 11) is -3.99. The molecule has 1 aromatic carbocycles. The maximum atomic E-state index is 13.3. The van der Waals surface area contributed by atoms with Crippen molar-refractivity contribution in [2.75, 3.05) is 6.61 Å². The fraction of sp³-hybridized carbons (Fsp3) is 0.650. The molecular weight excluding hydrogens is 368 g/mol. The first-order chi connectivity index (χ1) is 12.8. The highest BCUT2D eigenvalue weighted by molar-refractivity contribution is 7.92. The number of esters is 1. The first-order valence-electron chi connectivity index (χ1n) is 9.53. The minimum Gasteiger partial charge on any atom is -0.465 e. The molecule has 0 aromatic heterocycles. The minimum absolute atomic E-state index is 0.0448.